The number of carbonyl (C=O) groups excluding carboxylic acids is 1. The summed E-state index contributed by atoms with van der Waals surface area (Å²) in [7, 11) is 0. The molecule has 0 bridgehead atoms. The molecule has 0 unspecified atom stereocenters. The number of hydrogen-bond acceptors (Lipinski definition) is 2. The largest absolute Gasteiger partial charge is 0.454 e. The van der Waals surface area contributed by atoms with Crippen molar-refractivity contribution < 1.29 is 18.0 Å². The number of carbonyl (C=O) groups is 1. The highest BCUT2D eigenvalue weighted by atomic mass is 19.4. The SMILES string of the molecule is CC(=CC(=O)C(F)(F)F)NC1CCCCCC1. The van der Waals surface area contributed by atoms with Gasteiger partial charge in [-0.2, -0.15) is 13.2 Å². The minimum Gasteiger partial charge on any atom is -0.386 e. The zero-order valence-corrected chi connectivity index (χ0v) is 9.94. The van der Waals surface area contributed by atoms with Crippen molar-refractivity contribution in [1.82, 2.24) is 5.32 Å². The molecule has 1 saturated carbocycles. The molecule has 17 heavy (non-hydrogen) atoms. The van der Waals surface area contributed by atoms with E-state index in [2.05, 4.69) is 5.32 Å². The third kappa shape index (κ3) is 5.24. The van der Waals surface area contributed by atoms with E-state index in [1.807, 2.05) is 0 Å². The number of hydrogen-bond donors (Lipinski definition) is 1. The summed E-state index contributed by atoms with van der Waals surface area (Å²) in [6, 6.07) is 0.204. The van der Waals surface area contributed by atoms with Crippen molar-refractivity contribution in [2.75, 3.05) is 0 Å². The van der Waals surface area contributed by atoms with Crippen LogP contribution in [0, 0.1) is 0 Å². The van der Waals surface area contributed by atoms with E-state index >= 15 is 0 Å². The Hall–Kier alpha value is -1.00. The first-order valence-corrected chi connectivity index (χ1v) is 5.95. The molecule has 0 spiro atoms. The van der Waals surface area contributed by atoms with Crippen LogP contribution in [0.15, 0.2) is 11.8 Å². The molecule has 0 aromatic rings. The van der Waals surface area contributed by atoms with E-state index in [1.165, 1.54) is 19.8 Å². The molecular formula is C12H18F3NO. The van der Waals surface area contributed by atoms with Crippen molar-refractivity contribution in [2.45, 2.75) is 57.7 Å². The van der Waals surface area contributed by atoms with Gasteiger partial charge in [-0.05, 0) is 19.8 Å². The lowest BCUT2D eigenvalue weighted by Gasteiger charge is -2.17. The second-order valence-electron chi connectivity index (χ2n) is 4.52. The third-order valence-corrected chi connectivity index (χ3v) is 2.91. The van der Waals surface area contributed by atoms with E-state index in [9.17, 15) is 18.0 Å². The van der Waals surface area contributed by atoms with E-state index in [0.29, 0.717) is 11.8 Å². The number of nitrogens with one attached hydrogen (secondary N) is 1. The first-order valence-electron chi connectivity index (χ1n) is 5.95. The molecule has 1 fully saturated rings. The van der Waals surface area contributed by atoms with Crippen LogP contribution in [0.4, 0.5) is 13.2 Å². The molecule has 0 aromatic heterocycles. The maximum atomic E-state index is 12.0. The quantitative estimate of drug-likeness (QED) is 0.614. The topological polar surface area (TPSA) is 29.1 Å². The van der Waals surface area contributed by atoms with Gasteiger partial charge in [0.1, 0.15) is 0 Å². The Kier molecular flexibility index (Phi) is 5.02. The second-order valence-corrected chi connectivity index (χ2v) is 4.52. The molecule has 0 atom stereocenters. The second kappa shape index (κ2) is 6.07. The number of rotatable bonds is 3. The molecule has 1 N–H and O–H groups in total. The van der Waals surface area contributed by atoms with Crippen molar-refractivity contribution in [3.05, 3.63) is 11.8 Å². The van der Waals surface area contributed by atoms with E-state index < -0.39 is 12.0 Å². The maximum absolute atomic E-state index is 12.0. The fourth-order valence-corrected chi connectivity index (χ4v) is 2.07. The molecule has 0 amide bonds. The molecule has 0 aromatic carbocycles. The Morgan fingerprint density at radius 2 is 1.71 bits per heavy atom. The summed E-state index contributed by atoms with van der Waals surface area (Å²) in [6.07, 6.45) is 2.36. The first kappa shape index (κ1) is 14.1. The summed E-state index contributed by atoms with van der Waals surface area (Å²) >= 11 is 0. The van der Waals surface area contributed by atoms with E-state index in [-0.39, 0.29) is 6.04 Å². The Balaban J connectivity index is 2.49. The van der Waals surface area contributed by atoms with Gasteiger partial charge in [0.05, 0.1) is 0 Å². The molecule has 5 heteroatoms. The van der Waals surface area contributed by atoms with Gasteiger partial charge in [0.15, 0.2) is 0 Å². The predicted molar refractivity (Wildman–Crippen MR) is 59.4 cm³/mol. The number of alkyl halides is 3. The van der Waals surface area contributed by atoms with Crippen LogP contribution >= 0.6 is 0 Å². The predicted octanol–water partition coefficient (Wildman–Crippen LogP) is 3.33. The van der Waals surface area contributed by atoms with Gasteiger partial charge in [0, 0.05) is 17.8 Å². The maximum Gasteiger partial charge on any atom is 0.454 e. The first-order chi connectivity index (χ1) is 7.89. The highest BCUT2D eigenvalue weighted by molar-refractivity contribution is 5.94. The van der Waals surface area contributed by atoms with Crippen molar-refractivity contribution in [1.29, 1.82) is 0 Å². The van der Waals surface area contributed by atoms with Crippen LogP contribution in [0.1, 0.15) is 45.4 Å². The lowest BCUT2D eigenvalue weighted by molar-refractivity contribution is -0.165. The average molecular weight is 249 g/mol. The summed E-state index contributed by atoms with van der Waals surface area (Å²) < 4.78 is 36.1. The van der Waals surface area contributed by atoms with Crippen LogP contribution in [0.2, 0.25) is 0 Å². The highest BCUT2D eigenvalue weighted by Gasteiger charge is 2.36. The van der Waals surface area contributed by atoms with Gasteiger partial charge in [-0.25, -0.2) is 0 Å². The highest BCUT2D eigenvalue weighted by Crippen LogP contribution is 2.19. The fraction of sp³-hybridized carbons (Fsp3) is 0.750. The standard InChI is InChI=1S/C12H18F3NO/c1-9(8-11(17)12(13,14)15)16-10-6-4-2-3-5-7-10/h8,10,16H,2-7H2,1H3. The molecule has 1 aliphatic carbocycles. The van der Waals surface area contributed by atoms with Crippen molar-refractivity contribution in [3.63, 3.8) is 0 Å². The lowest BCUT2D eigenvalue weighted by atomic mass is 10.1. The van der Waals surface area contributed by atoms with Crippen LogP contribution in [-0.4, -0.2) is 18.0 Å². The number of halogens is 3. The molecule has 98 valence electrons. The lowest BCUT2D eigenvalue weighted by Crippen LogP contribution is -2.28. The van der Waals surface area contributed by atoms with Gasteiger partial charge >= 0.3 is 6.18 Å². The van der Waals surface area contributed by atoms with Crippen LogP contribution in [0.3, 0.4) is 0 Å². The van der Waals surface area contributed by atoms with Crippen molar-refractivity contribution in [2.24, 2.45) is 0 Å². The Bertz CT molecular complexity index is 289. The summed E-state index contributed by atoms with van der Waals surface area (Å²) in [6.45, 7) is 1.51. The normalized spacial score (nSPS) is 19.9. The molecule has 0 saturated heterocycles. The molecule has 0 radical (unpaired) electrons. The van der Waals surface area contributed by atoms with Crippen LogP contribution < -0.4 is 5.32 Å². The zero-order valence-electron chi connectivity index (χ0n) is 9.94. The summed E-state index contributed by atoms with van der Waals surface area (Å²) in [4.78, 5) is 10.7. The van der Waals surface area contributed by atoms with Gasteiger partial charge in [-0.3, -0.25) is 4.79 Å². The molecule has 0 heterocycles. The fourth-order valence-electron chi connectivity index (χ4n) is 2.07. The van der Waals surface area contributed by atoms with E-state index in [4.69, 9.17) is 0 Å². The Morgan fingerprint density at radius 1 is 1.18 bits per heavy atom. The molecule has 1 rings (SSSR count). The molecular weight excluding hydrogens is 231 g/mol. The van der Waals surface area contributed by atoms with Crippen molar-refractivity contribution >= 4 is 5.78 Å². The van der Waals surface area contributed by atoms with Crippen LogP contribution in [-0.2, 0) is 4.79 Å². The van der Waals surface area contributed by atoms with Crippen LogP contribution in [0.25, 0.3) is 0 Å². The molecule has 2 nitrogen and oxygen atoms in total. The summed E-state index contributed by atoms with van der Waals surface area (Å²) in [5, 5.41) is 3.00. The summed E-state index contributed by atoms with van der Waals surface area (Å²) in [5.41, 5.74) is 0.305. The van der Waals surface area contributed by atoms with Gasteiger partial charge in [0.25, 0.3) is 5.78 Å². The van der Waals surface area contributed by atoms with Gasteiger partial charge in [-0.15, -0.1) is 0 Å². The van der Waals surface area contributed by atoms with Gasteiger partial charge in [-0.1, -0.05) is 25.7 Å². The number of allylic oxidation sites excluding steroid dienone is 2. The van der Waals surface area contributed by atoms with Crippen LogP contribution in [0.5, 0.6) is 0 Å². The molecule has 1 aliphatic rings. The smallest absolute Gasteiger partial charge is 0.386 e. The van der Waals surface area contributed by atoms with Gasteiger partial charge < -0.3 is 5.32 Å². The average Bonchev–Trinajstić information content (AvgIpc) is 2.44. The van der Waals surface area contributed by atoms with Gasteiger partial charge in [0.2, 0.25) is 0 Å². The Labute approximate surface area is 99.3 Å². The minimum absolute atomic E-state index is 0.204. The van der Waals surface area contributed by atoms with E-state index in [0.717, 1.165) is 25.7 Å². The summed E-state index contributed by atoms with van der Waals surface area (Å²) in [5.74, 6) is -1.80. The minimum atomic E-state index is -4.77. The Morgan fingerprint density at radius 3 is 2.18 bits per heavy atom. The number of ketones is 1. The zero-order chi connectivity index (χ0) is 12.9. The van der Waals surface area contributed by atoms with E-state index in [1.54, 1.807) is 0 Å². The third-order valence-electron chi connectivity index (χ3n) is 2.91. The van der Waals surface area contributed by atoms with Crippen molar-refractivity contribution in [3.8, 4) is 0 Å². The molecule has 0 aliphatic heterocycles. The monoisotopic (exact) mass is 249 g/mol.